The Morgan fingerprint density at radius 3 is 2.89 bits per heavy atom. The molecule has 0 amide bonds. The topological polar surface area (TPSA) is 47.0 Å². The van der Waals surface area contributed by atoms with Crippen LogP contribution in [0.4, 0.5) is 4.39 Å². The Balaban J connectivity index is 2.50. The summed E-state index contributed by atoms with van der Waals surface area (Å²) in [6.45, 7) is 2.02. The van der Waals surface area contributed by atoms with Crippen molar-refractivity contribution in [1.29, 1.82) is 0 Å². The van der Waals surface area contributed by atoms with Gasteiger partial charge in [0, 0.05) is 5.56 Å². The molecule has 1 N–H and O–H groups in total. The number of methoxy groups -OCH3 is 1. The molecular formula is C13H16FN3OS. The number of nitrogens with zero attached hydrogens (tertiary/aromatic N) is 2. The van der Waals surface area contributed by atoms with Gasteiger partial charge in [0.2, 0.25) is 0 Å². The molecule has 1 aromatic heterocycles. The highest BCUT2D eigenvalue weighted by Gasteiger charge is 2.22. The van der Waals surface area contributed by atoms with Gasteiger partial charge >= 0.3 is 0 Å². The minimum Gasteiger partial charge on any atom is -0.496 e. The summed E-state index contributed by atoms with van der Waals surface area (Å²) < 4.78 is 22.8. The van der Waals surface area contributed by atoms with Crippen molar-refractivity contribution >= 4 is 11.5 Å². The van der Waals surface area contributed by atoms with Gasteiger partial charge in [-0.3, -0.25) is 0 Å². The number of aromatic nitrogens is 2. The molecule has 6 heteroatoms. The maximum Gasteiger partial charge on any atom is 0.124 e. The monoisotopic (exact) mass is 281 g/mol. The molecular weight excluding hydrogens is 265 g/mol. The van der Waals surface area contributed by atoms with E-state index in [0.29, 0.717) is 5.75 Å². The summed E-state index contributed by atoms with van der Waals surface area (Å²) in [7, 11) is 3.41. The quantitative estimate of drug-likeness (QED) is 0.915. The molecule has 0 radical (unpaired) electrons. The first-order valence-electron chi connectivity index (χ1n) is 6.03. The average Bonchev–Trinajstić information content (AvgIpc) is 2.88. The highest BCUT2D eigenvalue weighted by atomic mass is 32.1. The molecule has 0 bridgehead atoms. The number of halogens is 1. The fourth-order valence-corrected chi connectivity index (χ4v) is 2.91. The third kappa shape index (κ3) is 2.74. The van der Waals surface area contributed by atoms with Crippen molar-refractivity contribution in [1.82, 2.24) is 14.9 Å². The zero-order chi connectivity index (χ0) is 13.8. The lowest BCUT2D eigenvalue weighted by Gasteiger charge is -2.18. The predicted molar refractivity (Wildman–Crippen MR) is 73.1 cm³/mol. The van der Waals surface area contributed by atoms with Crippen molar-refractivity contribution in [3.05, 3.63) is 40.2 Å². The lowest BCUT2D eigenvalue weighted by atomic mass is 10.0. The number of hydrogen-bond donors (Lipinski definition) is 1. The minimum atomic E-state index is -0.286. The van der Waals surface area contributed by atoms with Gasteiger partial charge < -0.3 is 10.1 Å². The SMILES string of the molecule is CCc1nnsc1C(NC)c1cc(F)ccc1OC. The molecule has 1 atom stereocenters. The Hall–Kier alpha value is -1.53. The molecule has 0 saturated heterocycles. The molecule has 2 rings (SSSR count). The lowest BCUT2D eigenvalue weighted by Crippen LogP contribution is -2.19. The molecule has 4 nitrogen and oxygen atoms in total. The zero-order valence-corrected chi connectivity index (χ0v) is 11.9. The van der Waals surface area contributed by atoms with Crippen molar-refractivity contribution < 1.29 is 9.13 Å². The van der Waals surface area contributed by atoms with Crippen molar-refractivity contribution in [3.8, 4) is 5.75 Å². The van der Waals surface area contributed by atoms with Gasteiger partial charge in [-0.2, -0.15) is 0 Å². The Bertz CT molecular complexity index is 559. The molecule has 0 aliphatic rings. The van der Waals surface area contributed by atoms with Crippen LogP contribution in [-0.2, 0) is 6.42 Å². The molecule has 1 unspecified atom stereocenters. The van der Waals surface area contributed by atoms with Gasteiger partial charge in [0.05, 0.1) is 23.7 Å². The van der Waals surface area contributed by atoms with Gasteiger partial charge in [0.25, 0.3) is 0 Å². The first kappa shape index (κ1) is 13.9. The maximum absolute atomic E-state index is 13.5. The van der Waals surface area contributed by atoms with Crippen LogP contribution in [0.5, 0.6) is 5.75 Å². The van der Waals surface area contributed by atoms with E-state index < -0.39 is 0 Å². The summed E-state index contributed by atoms with van der Waals surface area (Å²) in [6, 6.07) is 4.34. The third-order valence-corrected chi connectivity index (χ3v) is 3.80. The molecule has 1 aromatic carbocycles. The number of hydrogen-bond acceptors (Lipinski definition) is 5. The third-order valence-electron chi connectivity index (χ3n) is 2.97. The molecule has 2 aromatic rings. The summed E-state index contributed by atoms with van der Waals surface area (Å²) in [6.07, 6.45) is 0.793. The number of ether oxygens (including phenoxy) is 1. The molecule has 0 aliphatic carbocycles. The van der Waals surface area contributed by atoms with Crippen LogP contribution < -0.4 is 10.1 Å². The van der Waals surface area contributed by atoms with Crippen molar-refractivity contribution in [2.75, 3.05) is 14.2 Å². The van der Waals surface area contributed by atoms with E-state index in [2.05, 4.69) is 14.9 Å². The second kappa shape index (κ2) is 6.08. The number of benzene rings is 1. The van der Waals surface area contributed by atoms with Crippen molar-refractivity contribution in [3.63, 3.8) is 0 Å². The van der Waals surface area contributed by atoms with E-state index in [4.69, 9.17) is 4.74 Å². The van der Waals surface area contributed by atoms with E-state index in [0.717, 1.165) is 22.6 Å². The average molecular weight is 281 g/mol. The Labute approximate surface area is 115 Å². The van der Waals surface area contributed by atoms with E-state index in [1.807, 2.05) is 14.0 Å². The van der Waals surface area contributed by atoms with Gasteiger partial charge in [0.15, 0.2) is 0 Å². The summed E-state index contributed by atoms with van der Waals surface area (Å²) >= 11 is 1.33. The van der Waals surface area contributed by atoms with Gasteiger partial charge in [-0.15, -0.1) is 5.10 Å². The summed E-state index contributed by atoms with van der Waals surface area (Å²) in [4.78, 5) is 0.994. The standard InChI is InChI=1S/C13H16FN3OS/c1-4-10-13(19-17-16-10)12(15-2)9-7-8(14)5-6-11(9)18-3/h5-7,12,15H,4H2,1-3H3. The van der Waals surface area contributed by atoms with E-state index in [9.17, 15) is 4.39 Å². The molecule has 0 spiro atoms. The first-order chi connectivity index (χ1) is 9.21. The van der Waals surface area contributed by atoms with Crippen LogP contribution >= 0.6 is 11.5 Å². The van der Waals surface area contributed by atoms with Crippen LogP contribution in [0, 0.1) is 5.82 Å². The second-order valence-electron chi connectivity index (χ2n) is 4.05. The summed E-state index contributed by atoms with van der Waals surface area (Å²) in [5, 5.41) is 7.28. The predicted octanol–water partition coefficient (Wildman–Crippen LogP) is 2.56. The van der Waals surface area contributed by atoms with E-state index >= 15 is 0 Å². The van der Waals surface area contributed by atoms with Crippen molar-refractivity contribution in [2.45, 2.75) is 19.4 Å². The maximum atomic E-state index is 13.5. The van der Waals surface area contributed by atoms with E-state index in [-0.39, 0.29) is 11.9 Å². The van der Waals surface area contributed by atoms with Crippen LogP contribution in [0.25, 0.3) is 0 Å². The minimum absolute atomic E-state index is 0.166. The van der Waals surface area contributed by atoms with Crippen LogP contribution in [0.3, 0.4) is 0 Å². The number of rotatable bonds is 5. The molecule has 102 valence electrons. The van der Waals surface area contributed by atoms with Crippen LogP contribution in [0.15, 0.2) is 18.2 Å². The Morgan fingerprint density at radius 1 is 1.47 bits per heavy atom. The van der Waals surface area contributed by atoms with Gasteiger partial charge in [-0.05, 0) is 43.2 Å². The van der Waals surface area contributed by atoms with E-state index in [1.54, 1.807) is 13.2 Å². The Morgan fingerprint density at radius 2 is 2.26 bits per heavy atom. The van der Waals surface area contributed by atoms with Crippen LogP contribution in [-0.4, -0.2) is 23.7 Å². The fraction of sp³-hybridized carbons (Fsp3) is 0.385. The number of aryl methyl sites for hydroxylation is 1. The smallest absolute Gasteiger partial charge is 0.124 e. The molecule has 1 heterocycles. The fourth-order valence-electron chi connectivity index (χ4n) is 2.04. The van der Waals surface area contributed by atoms with E-state index in [1.165, 1.54) is 23.7 Å². The summed E-state index contributed by atoms with van der Waals surface area (Å²) in [5.41, 5.74) is 1.68. The normalized spacial score (nSPS) is 12.4. The largest absolute Gasteiger partial charge is 0.496 e. The van der Waals surface area contributed by atoms with Crippen LogP contribution in [0.1, 0.15) is 29.1 Å². The first-order valence-corrected chi connectivity index (χ1v) is 6.80. The Kier molecular flexibility index (Phi) is 4.44. The van der Waals surface area contributed by atoms with Gasteiger partial charge in [-0.25, -0.2) is 4.39 Å². The highest BCUT2D eigenvalue weighted by molar-refractivity contribution is 7.05. The highest BCUT2D eigenvalue weighted by Crippen LogP contribution is 2.33. The van der Waals surface area contributed by atoms with Crippen LogP contribution in [0.2, 0.25) is 0 Å². The second-order valence-corrected chi connectivity index (χ2v) is 4.83. The van der Waals surface area contributed by atoms with Crippen molar-refractivity contribution in [2.24, 2.45) is 0 Å². The summed E-state index contributed by atoms with van der Waals surface area (Å²) in [5.74, 6) is 0.364. The lowest BCUT2D eigenvalue weighted by molar-refractivity contribution is 0.404. The number of nitrogens with one attached hydrogen (secondary N) is 1. The molecule has 0 aliphatic heterocycles. The molecule has 0 fully saturated rings. The van der Waals surface area contributed by atoms with Gasteiger partial charge in [0.1, 0.15) is 11.6 Å². The van der Waals surface area contributed by atoms with Gasteiger partial charge in [-0.1, -0.05) is 11.4 Å². The molecule has 19 heavy (non-hydrogen) atoms. The zero-order valence-electron chi connectivity index (χ0n) is 11.1. The molecule has 0 saturated carbocycles.